The number of rotatable bonds is 4. The van der Waals surface area contributed by atoms with Crippen LogP contribution in [0.15, 0.2) is 52.5 Å². The number of hydrogen-bond acceptors (Lipinski definition) is 6. The molecule has 0 radical (unpaired) electrons. The van der Waals surface area contributed by atoms with Gasteiger partial charge in [0.25, 0.3) is 11.4 Å². The summed E-state index contributed by atoms with van der Waals surface area (Å²) in [7, 11) is 0. The van der Waals surface area contributed by atoms with Crippen LogP contribution in [0.2, 0.25) is 0 Å². The fourth-order valence-electron chi connectivity index (χ4n) is 1.30. The summed E-state index contributed by atoms with van der Waals surface area (Å²) in [5.41, 5.74) is -0.0611. The Bertz CT molecular complexity index is 557. The molecule has 0 aliphatic heterocycles. The van der Waals surface area contributed by atoms with Crippen molar-refractivity contribution >= 4 is 23.1 Å². The zero-order valence-electron chi connectivity index (χ0n) is 9.42. The third-order valence-electron chi connectivity index (χ3n) is 2.20. The average Bonchev–Trinajstić information content (AvgIpc) is 2.40. The molecule has 2 rings (SSSR count). The predicted octanol–water partition coefficient (Wildman–Crippen LogP) is 3.05. The Morgan fingerprint density at radius 3 is 1.95 bits per heavy atom. The third-order valence-corrected chi connectivity index (χ3v) is 3.16. The zero-order chi connectivity index (χ0) is 13.8. The molecule has 0 atom stereocenters. The van der Waals surface area contributed by atoms with Crippen molar-refractivity contribution in [3.05, 3.63) is 62.8 Å². The Morgan fingerprint density at radius 1 is 0.895 bits per heavy atom. The van der Waals surface area contributed by atoms with Crippen molar-refractivity contribution < 1.29 is 9.85 Å². The fourth-order valence-corrected chi connectivity index (χ4v) is 2.05. The standard InChI is InChI=1S/C11H7N3O4S/c15-13(16)8-1-4-10(5-2-8)19-11-6-3-9(7-12-11)14(17)18/h1-7H. The fraction of sp³-hybridized carbons (Fsp3) is 0. The maximum Gasteiger partial charge on any atom is 0.287 e. The molecule has 7 nitrogen and oxygen atoms in total. The molecule has 0 saturated carbocycles. The van der Waals surface area contributed by atoms with Gasteiger partial charge in [0.05, 0.1) is 9.85 Å². The first kappa shape index (κ1) is 13.0. The van der Waals surface area contributed by atoms with Gasteiger partial charge in [0, 0.05) is 23.1 Å². The number of nitro benzene ring substituents is 1. The first-order valence-electron chi connectivity index (χ1n) is 5.09. The number of nitrogens with zero attached hydrogens (tertiary/aromatic N) is 3. The summed E-state index contributed by atoms with van der Waals surface area (Å²) in [5.74, 6) is 0. The van der Waals surface area contributed by atoms with E-state index in [1.807, 2.05) is 0 Å². The van der Waals surface area contributed by atoms with Crippen molar-refractivity contribution in [3.8, 4) is 0 Å². The summed E-state index contributed by atoms with van der Waals surface area (Å²) in [6.45, 7) is 0. The molecule has 8 heteroatoms. The molecule has 0 fully saturated rings. The molecule has 0 N–H and O–H groups in total. The van der Waals surface area contributed by atoms with Crippen molar-refractivity contribution in [3.63, 3.8) is 0 Å². The molecule has 0 spiro atoms. The second-order valence-electron chi connectivity index (χ2n) is 3.46. The normalized spacial score (nSPS) is 10.1. The van der Waals surface area contributed by atoms with Crippen LogP contribution in [0.3, 0.4) is 0 Å². The van der Waals surface area contributed by atoms with Gasteiger partial charge in [-0.1, -0.05) is 11.8 Å². The van der Waals surface area contributed by atoms with Crippen molar-refractivity contribution in [1.82, 2.24) is 4.98 Å². The highest BCUT2D eigenvalue weighted by Crippen LogP contribution is 2.28. The van der Waals surface area contributed by atoms with Crippen LogP contribution < -0.4 is 0 Å². The Morgan fingerprint density at radius 2 is 1.47 bits per heavy atom. The Balaban J connectivity index is 2.12. The minimum absolute atomic E-state index is 0.0148. The Kier molecular flexibility index (Phi) is 3.71. The summed E-state index contributed by atoms with van der Waals surface area (Å²) in [5, 5.41) is 21.5. The maximum absolute atomic E-state index is 10.5. The van der Waals surface area contributed by atoms with Crippen molar-refractivity contribution in [2.45, 2.75) is 9.92 Å². The molecule has 0 saturated heterocycles. The highest BCUT2D eigenvalue weighted by atomic mass is 32.2. The van der Waals surface area contributed by atoms with Crippen LogP contribution in [-0.2, 0) is 0 Å². The molecule has 19 heavy (non-hydrogen) atoms. The van der Waals surface area contributed by atoms with E-state index in [4.69, 9.17) is 0 Å². The Labute approximate surface area is 111 Å². The summed E-state index contributed by atoms with van der Waals surface area (Å²) < 4.78 is 0. The van der Waals surface area contributed by atoms with E-state index in [0.29, 0.717) is 5.03 Å². The highest BCUT2D eigenvalue weighted by molar-refractivity contribution is 7.99. The van der Waals surface area contributed by atoms with Crippen molar-refractivity contribution in [2.75, 3.05) is 0 Å². The molecule has 1 aromatic heterocycles. The van der Waals surface area contributed by atoms with Gasteiger partial charge in [-0.25, -0.2) is 4.98 Å². The third kappa shape index (κ3) is 3.26. The predicted molar refractivity (Wildman–Crippen MR) is 68.1 cm³/mol. The average molecular weight is 277 g/mol. The smallest absolute Gasteiger partial charge is 0.258 e. The van der Waals surface area contributed by atoms with Crippen LogP contribution in [-0.4, -0.2) is 14.8 Å². The molecule has 0 aliphatic rings. The van der Waals surface area contributed by atoms with Crippen LogP contribution in [0.4, 0.5) is 11.4 Å². The van der Waals surface area contributed by atoms with E-state index in [2.05, 4.69) is 4.98 Å². The first-order valence-corrected chi connectivity index (χ1v) is 5.90. The number of benzene rings is 1. The number of hydrogen-bond donors (Lipinski definition) is 0. The first-order chi connectivity index (χ1) is 9.06. The molecule has 0 unspecified atom stereocenters. The van der Waals surface area contributed by atoms with E-state index >= 15 is 0 Å². The van der Waals surface area contributed by atoms with Gasteiger partial charge in [-0.3, -0.25) is 20.2 Å². The summed E-state index contributed by atoms with van der Waals surface area (Å²) in [4.78, 5) is 24.7. The second-order valence-corrected chi connectivity index (χ2v) is 4.56. The van der Waals surface area contributed by atoms with Crippen LogP contribution in [0, 0.1) is 20.2 Å². The molecule has 1 heterocycles. The summed E-state index contributed by atoms with van der Waals surface area (Å²) >= 11 is 1.27. The molecule has 2 aromatic rings. The molecule has 0 bridgehead atoms. The number of aromatic nitrogens is 1. The molecular formula is C11H7N3O4S. The van der Waals surface area contributed by atoms with Crippen LogP contribution in [0.1, 0.15) is 0 Å². The van der Waals surface area contributed by atoms with E-state index in [-0.39, 0.29) is 11.4 Å². The number of nitro groups is 2. The quantitative estimate of drug-likeness (QED) is 0.629. The van der Waals surface area contributed by atoms with Crippen LogP contribution in [0.25, 0.3) is 0 Å². The number of pyridine rings is 1. The lowest BCUT2D eigenvalue weighted by Crippen LogP contribution is -1.89. The van der Waals surface area contributed by atoms with E-state index in [0.717, 1.165) is 4.90 Å². The lowest BCUT2D eigenvalue weighted by Gasteiger charge is -2.00. The molecule has 0 amide bonds. The monoisotopic (exact) mass is 277 g/mol. The lowest BCUT2D eigenvalue weighted by molar-refractivity contribution is -0.385. The van der Waals surface area contributed by atoms with Crippen molar-refractivity contribution in [1.29, 1.82) is 0 Å². The van der Waals surface area contributed by atoms with Crippen molar-refractivity contribution in [2.24, 2.45) is 0 Å². The highest BCUT2D eigenvalue weighted by Gasteiger charge is 2.08. The van der Waals surface area contributed by atoms with E-state index in [1.165, 1.54) is 42.2 Å². The minimum Gasteiger partial charge on any atom is -0.258 e. The molecule has 96 valence electrons. The van der Waals surface area contributed by atoms with Gasteiger partial charge in [-0.15, -0.1) is 0 Å². The topological polar surface area (TPSA) is 99.2 Å². The van der Waals surface area contributed by atoms with E-state index in [1.54, 1.807) is 12.1 Å². The Hall–Kier alpha value is -2.48. The van der Waals surface area contributed by atoms with Crippen LogP contribution in [0.5, 0.6) is 0 Å². The molecule has 0 aliphatic carbocycles. The second kappa shape index (κ2) is 5.44. The number of non-ortho nitro benzene ring substituents is 1. The van der Waals surface area contributed by atoms with Gasteiger partial charge >= 0.3 is 0 Å². The largest absolute Gasteiger partial charge is 0.287 e. The van der Waals surface area contributed by atoms with Crippen LogP contribution >= 0.6 is 11.8 Å². The van der Waals surface area contributed by atoms with E-state index in [9.17, 15) is 20.2 Å². The summed E-state index contributed by atoms with van der Waals surface area (Å²) in [6.07, 6.45) is 1.17. The van der Waals surface area contributed by atoms with Gasteiger partial charge in [-0.2, -0.15) is 0 Å². The molecule has 1 aromatic carbocycles. The maximum atomic E-state index is 10.5. The minimum atomic E-state index is -0.521. The van der Waals surface area contributed by atoms with Gasteiger partial charge in [0.1, 0.15) is 11.2 Å². The summed E-state index contributed by atoms with van der Waals surface area (Å²) in [6, 6.07) is 8.89. The lowest BCUT2D eigenvalue weighted by atomic mass is 10.3. The van der Waals surface area contributed by atoms with Gasteiger partial charge in [0.2, 0.25) is 0 Å². The van der Waals surface area contributed by atoms with E-state index < -0.39 is 9.85 Å². The molecular weight excluding hydrogens is 270 g/mol. The van der Waals surface area contributed by atoms with Gasteiger partial charge in [0.15, 0.2) is 0 Å². The van der Waals surface area contributed by atoms with Gasteiger partial charge < -0.3 is 0 Å². The SMILES string of the molecule is O=[N+]([O-])c1ccc(Sc2ccc([N+](=O)[O-])cn2)cc1. The van der Waals surface area contributed by atoms with Gasteiger partial charge in [-0.05, 0) is 18.2 Å². The zero-order valence-corrected chi connectivity index (χ0v) is 10.2.